The Morgan fingerprint density at radius 3 is 2.35 bits per heavy atom. The SMILES string of the molecule is C.C.Cc1c(-c2ccccc2)cccc1-n1cc2cc(CNCCO)cc(Cl)c2n1.NCCO. The summed E-state index contributed by atoms with van der Waals surface area (Å²) in [5, 5.41) is 26.2. The van der Waals surface area contributed by atoms with E-state index in [4.69, 9.17) is 32.6 Å². The molecule has 0 radical (unpaired) electrons. The summed E-state index contributed by atoms with van der Waals surface area (Å²) in [5.41, 5.74) is 11.2. The van der Waals surface area contributed by atoms with Crippen LogP contribution in [0.3, 0.4) is 0 Å². The molecule has 0 aliphatic rings. The highest BCUT2D eigenvalue weighted by Crippen LogP contribution is 2.30. The molecular weight excluding hydrogens is 448 g/mol. The molecule has 1 aromatic heterocycles. The molecule has 1 heterocycles. The molecule has 6 nitrogen and oxygen atoms in total. The highest BCUT2D eigenvalue weighted by atomic mass is 35.5. The number of benzene rings is 3. The summed E-state index contributed by atoms with van der Waals surface area (Å²) in [6.45, 7) is 3.92. The molecule has 0 saturated heterocycles. The van der Waals surface area contributed by atoms with E-state index in [2.05, 4.69) is 60.8 Å². The molecule has 184 valence electrons. The molecule has 0 bridgehead atoms. The van der Waals surface area contributed by atoms with Gasteiger partial charge in [0.15, 0.2) is 0 Å². The Hall–Kier alpha value is -2.74. The van der Waals surface area contributed by atoms with Crippen LogP contribution in [-0.2, 0) is 6.54 Å². The average Bonchev–Trinajstić information content (AvgIpc) is 3.25. The lowest BCUT2D eigenvalue weighted by Gasteiger charge is -2.11. The predicted molar refractivity (Wildman–Crippen MR) is 145 cm³/mol. The number of halogens is 1. The maximum Gasteiger partial charge on any atom is 0.111 e. The minimum Gasteiger partial charge on any atom is -0.395 e. The van der Waals surface area contributed by atoms with Crippen LogP contribution in [0.4, 0.5) is 0 Å². The molecule has 0 atom stereocenters. The van der Waals surface area contributed by atoms with Gasteiger partial charge in [-0.05, 0) is 47.4 Å². The molecule has 0 saturated carbocycles. The summed E-state index contributed by atoms with van der Waals surface area (Å²) in [6.07, 6.45) is 2.02. The number of aromatic nitrogens is 2. The van der Waals surface area contributed by atoms with Crippen LogP contribution < -0.4 is 11.1 Å². The van der Waals surface area contributed by atoms with Crippen molar-refractivity contribution in [3.05, 3.63) is 83.0 Å². The van der Waals surface area contributed by atoms with Gasteiger partial charge in [-0.25, -0.2) is 4.68 Å². The topological polar surface area (TPSA) is 96.3 Å². The number of nitrogens with zero attached hydrogens (tertiary/aromatic N) is 2. The highest BCUT2D eigenvalue weighted by molar-refractivity contribution is 6.35. The lowest BCUT2D eigenvalue weighted by atomic mass is 9.99. The maximum atomic E-state index is 8.93. The van der Waals surface area contributed by atoms with Gasteiger partial charge in [-0.1, -0.05) is 68.9 Å². The van der Waals surface area contributed by atoms with E-state index in [-0.39, 0.29) is 28.1 Å². The smallest absolute Gasteiger partial charge is 0.111 e. The van der Waals surface area contributed by atoms with E-state index in [9.17, 15) is 0 Å². The number of nitrogens with one attached hydrogen (secondary N) is 1. The fourth-order valence-electron chi connectivity index (χ4n) is 3.49. The van der Waals surface area contributed by atoms with Crippen LogP contribution in [-0.4, -0.2) is 46.3 Å². The zero-order chi connectivity index (χ0) is 22.9. The zero-order valence-corrected chi connectivity index (χ0v) is 18.9. The molecule has 0 spiro atoms. The maximum absolute atomic E-state index is 8.93. The van der Waals surface area contributed by atoms with Crippen LogP contribution in [0.5, 0.6) is 0 Å². The number of rotatable bonds is 7. The van der Waals surface area contributed by atoms with Crippen LogP contribution in [0, 0.1) is 6.92 Å². The Balaban J connectivity index is 0.000000895. The standard InChI is InChI=1S/C23H22ClN3O.C2H7NO.2CH4/c1-16-20(18-6-3-2-4-7-18)8-5-9-22(16)27-15-19-12-17(14-25-10-11-28)13-21(24)23(19)26-27;3-1-2-4;;/h2-9,12-13,15,25,28H,10-11,14H2,1H3;4H,1-3H2;2*1H4. The normalized spacial score (nSPS) is 10.1. The number of aliphatic hydroxyl groups excluding tert-OH is 2. The first-order chi connectivity index (χ1) is 15.6. The highest BCUT2D eigenvalue weighted by Gasteiger charge is 2.12. The van der Waals surface area contributed by atoms with Crippen molar-refractivity contribution >= 4 is 22.5 Å². The van der Waals surface area contributed by atoms with E-state index >= 15 is 0 Å². The summed E-state index contributed by atoms with van der Waals surface area (Å²) in [6, 6.07) is 20.7. The Morgan fingerprint density at radius 1 is 1.00 bits per heavy atom. The van der Waals surface area contributed by atoms with Crippen molar-refractivity contribution in [2.24, 2.45) is 5.73 Å². The third-order valence-electron chi connectivity index (χ3n) is 5.01. The Morgan fingerprint density at radius 2 is 1.71 bits per heavy atom. The molecule has 3 aromatic carbocycles. The van der Waals surface area contributed by atoms with Crippen LogP contribution >= 0.6 is 11.6 Å². The fourth-order valence-corrected chi connectivity index (χ4v) is 3.78. The van der Waals surface area contributed by atoms with Crippen LogP contribution in [0.1, 0.15) is 26.0 Å². The first kappa shape index (κ1) is 29.3. The number of aliphatic hydroxyl groups is 2. The van der Waals surface area contributed by atoms with Crippen molar-refractivity contribution in [2.45, 2.75) is 28.3 Å². The van der Waals surface area contributed by atoms with Crippen molar-refractivity contribution in [1.82, 2.24) is 15.1 Å². The minimum atomic E-state index is 0. The first-order valence-electron chi connectivity index (χ1n) is 10.5. The summed E-state index contributed by atoms with van der Waals surface area (Å²) in [4.78, 5) is 0. The first-order valence-corrected chi connectivity index (χ1v) is 10.9. The van der Waals surface area contributed by atoms with Gasteiger partial charge in [0.05, 0.1) is 23.9 Å². The van der Waals surface area contributed by atoms with E-state index in [1.165, 1.54) is 16.7 Å². The van der Waals surface area contributed by atoms with E-state index in [0.717, 1.165) is 22.2 Å². The van der Waals surface area contributed by atoms with Gasteiger partial charge in [-0.2, -0.15) is 5.10 Å². The van der Waals surface area contributed by atoms with E-state index in [1.807, 2.05) is 23.0 Å². The Labute approximate surface area is 208 Å². The quantitative estimate of drug-likeness (QED) is 0.278. The number of fused-ring (bicyclic) bond motifs is 1. The summed E-state index contributed by atoms with van der Waals surface area (Å²) < 4.78 is 1.91. The third kappa shape index (κ3) is 7.13. The monoisotopic (exact) mass is 484 g/mol. The second-order valence-electron chi connectivity index (χ2n) is 7.32. The van der Waals surface area contributed by atoms with E-state index in [1.54, 1.807) is 0 Å². The van der Waals surface area contributed by atoms with Gasteiger partial charge in [0.2, 0.25) is 0 Å². The Kier molecular flexibility index (Phi) is 12.5. The van der Waals surface area contributed by atoms with Gasteiger partial charge < -0.3 is 21.3 Å². The van der Waals surface area contributed by atoms with Gasteiger partial charge in [0, 0.05) is 31.2 Å². The summed E-state index contributed by atoms with van der Waals surface area (Å²) >= 11 is 6.49. The van der Waals surface area contributed by atoms with Crippen molar-refractivity contribution in [1.29, 1.82) is 0 Å². The molecule has 0 amide bonds. The van der Waals surface area contributed by atoms with E-state index < -0.39 is 0 Å². The summed E-state index contributed by atoms with van der Waals surface area (Å²) in [7, 11) is 0. The predicted octanol–water partition coefficient (Wildman–Crippen LogP) is 4.95. The molecule has 0 aliphatic heterocycles. The zero-order valence-electron chi connectivity index (χ0n) is 18.1. The molecule has 0 fully saturated rings. The molecule has 7 heteroatoms. The second kappa shape index (κ2) is 14.5. The van der Waals surface area contributed by atoms with Crippen LogP contribution in [0.2, 0.25) is 5.02 Å². The van der Waals surface area contributed by atoms with Gasteiger partial charge in [0.25, 0.3) is 0 Å². The molecule has 5 N–H and O–H groups in total. The van der Waals surface area contributed by atoms with Crippen molar-refractivity contribution < 1.29 is 10.2 Å². The van der Waals surface area contributed by atoms with Gasteiger partial charge in [-0.15, -0.1) is 0 Å². The molecule has 0 unspecified atom stereocenters. The lowest BCUT2D eigenvalue weighted by molar-refractivity contribution is 0.292. The molecule has 0 aliphatic carbocycles. The second-order valence-corrected chi connectivity index (χ2v) is 7.72. The number of hydrogen-bond donors (Lipinski definition) is 4. The fraction of sp³-hybridized carbons (Fsp3) is 0.296. The minimum absolute atomic E-state index is 0. The number of hydrogen-bond acceptors (Lipinski definition) is 5. The molecular formula is C27H37ClN4O2. The van der Waals surface area contributed by atoms with E-state index in [0.29, 0.717) is 24.7 Å². The van der Waals surface area contributed by atoms with Gasteiger partial charge in [0.1, 0.15) is 5.52 Å². The van der Waals surface area contributed by atoms with Crippen LogP contribution in [0.15, 0.2) is 66.9 Å². The third-order valence-corrected chi connectivity index (χ3v) is 5.29. The van der Waals surface area contributed by atoms with Gasteiger partial charge >= 0.3 is 0 Å². The van der Waals surface area contributed by atoms with Crippen molar-refractivity contribution in [3.8, 4) is 16.8 Å². The van der Waals surface area contributed by atoms with Crippen molar-refractivity contribution in [3.63, 3.8) is 0 Å². The Bertz CT molecular complexity index is 1140. The largest absolute Gasteiger partial charge is 0.395 e. The lowest BCUT2D eigenvalue weighted by Crippen LogP contribution is -2.17. The average molecular weight is 485 g/mol. The molecule has 34 heavy (non-hydrogen) atoms. The number of nitrogens with two attached hydrogens (primary N) is 1. The van der Waals surface area contributed by atoms with Gasteiger partial charge in [-0.3, -0.25) is 0 Å². The van der Waals surface area contributed by atoms with Crippen molar-refractivity contribution in [2.75, 3.05) is 26.3 Å². The molecule has 4 rings (SSSR count). The van der Waals surface area contributed by atoms with Crippen LogP contribution in [0.25, 0.3) is 27.7 Å². The molecule has 4 aromatic rings. The summed E-state index contributed by atoms with van der Waals surface area (Å²) in [5.74, 6) is 0.